The van der Waals surface area contributed by atoms with E-state index in [0.29, 0.717) is 16.7 Å². The predicted octanol–water partition coefficient (Wildman–Crippen LogP) is 3.50. The maximum Gasteiger partial charge on any atom is 0.248 e. The van der Waals surface area contributed by atoms with Crippen LogP contribution in [-0.4, -0.2) is 17.3 Å². The topological polar surface area (TPSA) is 74.2 Å². The first-order valence-corrected chi connectivity index (χ1v) is 7.08. The van der Waals surface area contributed by atoms with Crippen molar-refractivity contribution in [2.24, 2.45) is 11.1 Å². The minimum Gasteiger partial charge on any atom is -0.373 e. The fourth-order valence-electron chi connectivity index (χ4n) is 2.19. The Balaban J connectivity index is 2.30. The van der Waals surface area contributed by atoms with Crippen LogP contribution in [0, 0.1) is 5.41 Å². The van der Waals surface area contributed by atoms with E-state index in [2.05, 4.69) is 10.1 Å². The Morgan fingerprint density at radius 3 is 2.52 bits per heavy atom. The molecule has 2 atom stereocenters. The van der Waals surface area contributed by atoms with Crippen LogP contribution in [0.5, 0.6) is 0 Å². The molecule has 0 bridgehead atoms. The van der Waals surface area contributed by atoms with Crippen molar-refractivity contribution < 1.29 is 9.26 Å². The van der Waals surface area contributed by atoms with Crippen molar-refractivity contribution in [2.45, 2.75) is 32.9 Å². The van der Waals surface area contributed by atoms with Gasteiger partial charge in [0.05, 0.1) is 0 Å². The highest BCUT2D eigenvalue weighted by molar-refractivity contribution is 6.31. The molecular formula is C15H20ClN3O2. The third kappa shape index (κ3) is 3.43. The van der Waals surface area contributed by atoms with Crippen LogP contribution in [0.3, 0.4) is 0 Å². The second kappa shape index (κ2) is 6.13. The Kier molecular flexibility index (Phi) is 4.66. The van der Waals surface area contributed by atoms with Crippen molar-refractivity contribution in [1.29, 1.82) is 0 Å². The Morgan fingerprint density at radius 1 is 1.29 bits per heavy atom. The molecule has 2 aromatic rings. The minimum atomic E-state index is -0.558. The maximum atomic E-state index is 6.16. The van der Waals surface area contributed by atoms with Crippen molar-refractivity contribution in [1.82, 2.24) is 10.1 Å². The molecule has 6 heteroatoms. The van der Waals surface area contributed by atoms with E-state index in [1.54, 1.807) is 13.2 Å². The summed E-state index contributed by atoms with van der Waals surface area (Å²) in [7, 11) is 1.62. The van der Waals surface area contributed by atoms with E-state index in [1.807, 2.05) is 39.0 Å². The SMILES string of the molecule is COC(c1noc([C@H](N)c2ccccc2Cl)n1)C(C)(C)C. The smallest absolute Gasteiger partial charge is 0.248 e. The number of halogens is 1. The zero-order valence-corrected chi connectivity index (χ0v) is 13.4. The maximum absolute atomic E-state index is 6.16. The Morgan fingerprint density at radius 2 is 1.95 bits per heavy atom. The second-order valence-corrected chi connectivity index (χ2v) is 6.38. The highest BCUT2D eigenvalue weighted by atomic mass is 35.5. The van der Waals surface area contributed by atoms with Crippen LogP contribution >= 0.6 is 11.6 Å². The predicted molar refractivity (Wildman–Crippen MR) is 81.0 cm³/mol. The molecule has 2 rings (SSSR count). The summed E-state index contributed by atoms with van der Waals surface area (Å²) in [5, 5.41) is 4.57. The Labute approximate surface area is 129 Å². The van der Waals surface area contributed by atoms with Gasteiger partial charge in [0.2, 0.25) is 11.7 Å². The van der Waals surface area contributed by atoms with E-state index in [0.717, 1.165) is 5.56 Å². The highest BCUT2D eigenvalue weighted by Gasteiger charge is 2.31. The third-order valence-corrected chi connectivity index (χ3v) is 3.56. The zero-order chi connectivity index (χ0) is 15.6. The van der Waals surface area contributed by atoms with Gasteiger partial charge in [-0.2, -0.15) is 4.98 Å². The highest BCUT2D eigenvalue weighted by Crippen LogP contribution is 2.34. The van der Waals surface area contributed by atoms with Crippen molar-refractivity contribution in [3.05, 3.63) is 46.6 Å². The number of hydrogen-bond donors (Lipinski definition) is 1. The minimum absolute atomic E-state index is 0.148. The molecular weight excluding hydrogens is 290 g/mol. The Hall–Kier alpha value is -1.43. The number of methoxy groups -OCH3 is 1. The molecule has 0 radical (unpaired) electrons. The summed E-state index contributed by atoms with van der Waals surface area (Å²) in [6.45, 7) is 6.14. The van der Waals surface area contributed by atoms with E-state index >= 15 is 0 Å². The quantitative estimate of drug-likeness (QED) is 0.935. The van der Waals surface area contributed by atoms with Crippen molar-refractivity contribution in [2.75, 3.05) is 7.11 Å². The summed E-state index contributed by atoms with van der Waals surface area (Å²) in [5.41, 5.74) is 6.76. The molecule has 0 fully saturated rings. The molecule has 21 heavy (non-hydrogen) atoms. The number of nitrogens with zero attached hydrogens (tertiary/aromatic N) is 2. The molecule has 0 aliphatic heterocycles. The fraction of sp³-hybridized carbons (Fsp3) is 0.467. The first-order valence-electron chi connectivity index (χ1n) is 6.71. The largest absolute Gasteiger partial charge is 0.373 e. The van der Waals surface area contributed by atoms with Gasteiger partial charge in [-0.25, -0.2) is 0 Å². The molecule has 0 aliphatic rings. The van der Waals surface area contributed by atoms with E-state index in [4.69, 9.17) is 26.6 Å². The second-order valence-electron chi connectivity index (χ2n) is 5.97. The van der Waals surface area contributed by atoms with Gasteiger partial charge < -0.3 is 15.0 Å². The van der Waals surface area contributed by atoms with Gasteiger partial charge in [-0.1, -0.05) is 55.7 Å². The number of nitrogens with two attached hydrogens (primary N) is 1. The lowest BCUT2D eigenvalue weighted by atomic mass is 9.88. The molecule has 0 saturated heterocycles. The summed E-state index contributed by atoms with van der Waals surface area (Å²) >= 11 is 6.14. The van der Waals surface area contributed by atoms with Gasteiger partial charge in [-0.15, -0.1) is 0 Å². The van der Waals surface area contributed by atoms with E-state index in [-0.39, 0.29) is 11.5 Å². The molecule has 5 nitrogen and oxygen atoms in total. The summed E-state index contributed by atoms with van der Waals surface area (Å²) in [6.07, 6.45) is -0.270. The van der Waals surface area contributed by atoms with Crippen LogP contribution < -0.4 is 5.73 Å². The molecule has 1 aromatic carbocycles. The number of benzene rings is 1. The van der Waals surface area contributed by atoms with E-state index in [1.165, 1.54) is 0 Å². The van der Waals surface area contributed by atoms with Crippen LogP contribution in [0.25, 0.3) is 0 Å². The van der Waals surface area contributed by atoms with Gasteiger partial charge in [0.25, 0.3) is 0 Å². The molecule has 0 spiro atoms. The van der Waals surface area contributed by atoms with Gasteiger partial charge >= 0.3 is 0 Å². The average Bonchev–Trinajstić information content (AvgIpc) is 2.87. The molecule has 114 valence electrons. The summed E-state index contributed by atoms with van der Waals surface area (Å²) in [5.74, 6) is 0.812. The number of aromatic nitrogens is 2. The molecule has 0 aliphatic carbocycles. The lowest BCUT2D eigenvalue weighted by molar-refractivity contribution is 0.00718. The van der Waals surface area contributed by atoms with Crippen molar-refractivity contribution in [3.63, 3.8) is 0 Å². The monoisotopic (exact) mass is 309 g/mol. The third-order valence-electron chi connectivity index (χ3n) is 3.22. The first kappa shape index (κ1) is 15.9. The molecule has 1 aromatic heterocycles. The molecule has 2 N–H and O–H groups in total. The lowest BCUT2D eigenvalue weighted by Crippen LogP contribution is -2.21. The van der Waals surface area contributed by atoms with Crippen LogP contribution in [0.4, 0.5) is 0 Å². The van der Waals surface area contributed by atoms with Crippen LogP contribution in [0.2, 0.25) is 5.02 Å². The van der Waals surface area contributed by atoms with Crippen molar-refractivity contribution in [3.8, 4) is 0 Å². The lowest BCUT2D eigenvalue weighted by Gasteiger charge is -2.26. The molecule has 0 amide bonds. The van der Waals surface area contributed by atoms with Gasteiger partial charge in [0.1, 0.15) is 12.1 Å². The summed E-state index contributed by atoms with van der Waals surface area (Å²) < 4.78 is 10.8. The van der Waals surface area contributed by atoms with Gasteiger partial charge in [-0.05, 0) is 17.0 Å². The molecule has 1 heterocycles. The van der Waals surface area contributed by atoms with E-state index < -0.39 is 6.04 Å². The average molecular weight is 310 g/mol. The van der Waals surface area contributed by atoms with Gasteiger partial charge in [0.15, 0.2) is 0 Å². The summed E-state index contributed by atoms with van der Waals surface area (Å²) in [6, 6.07) is 6.77. The summed E-state index contributed by atoms with van der Waals surface area (Å²) in [4.78, 5) is 4.38. The van der Waals surface area contributed by atoms with Crippen LogP contribution in [0.1, 0.15) is 50.2 Å². The molecule has 1 unspecified atom stereocenters. The number of ether oxygens (including phenoxy) is 1. The van der Waals surface area contributed by atoms with Gasteiger partial charge in [-0.3, -0.25) is 0 Å². The molecule has 0 saturated carbocycles. The Bertz CT molecular complexity index is 607. The van der Waals surface area contributed by atoms with Crippen molar-refractivity contribution >= 4 is 11.6 Å². The number of rotatable bonds is 4. The fourth-order valence-corrected chi connectivity index (χ4v) is 2.44. The standard InChI is InChI=1S/C15H20ClN3O2/c1-15(2,3)12(20-4)13-18-14(21-19-13)11(17)9-7-5-6-8-10(9)16/h5-8,11-12H,17H2,1-4H3/t11-,12?/m1/s1. The normalized spacial score (nSPS) is 15.0. The van der Waals surface area contributed by atoms with Crippen LogP contribution in [0.15, 0.2) is 28.8 Å². The van der Waals surface area contributed by atoms with Gasteiger partial charge in [0, 0.05) is 12.1 Å². The van der Waals surface area contributed by atoms with Crippen LogP contribution in [-0.2, 0) is 4.74 Å². The van der Waals surface area contributed by atoms with E-state index in [9.17, 15) is 0 Å². The first-order chi connectivity index (χ1) is 9.84. The number of hydrogen-bond acceptors (Lipinski definition) is 5. The zero-order valence-electron chi connectivity index (χ0n) is 12.6.